The van der Waals surface area contributed by atoms with Gasteiger partial charge in [-0.1, -0.05) is 24.3 Å². The van der Waals surface area contributed by atoms with E-state index in [-0.39, 0.29) is 5.82 Å². The summed E-state index contributed by atoms with van der Waals surface area (Å²) in [5.74, 6) is 1.30. The summed E-state index contributed by atoms with van der Waals surface area (Å²) in [7, 11) is 1.85. The topological polar surface area (TPSA) is 51.1 Å². The molecule has 3 aromatic carbocycles. The summed E-state index contributed by atoms with van der Waals surface area (Å²) in [6.07, 6.45) is 2.06. The molecule has 1 unspecified atom stereocenters. The van der Waals surface area contributed by atoms with Gasteiger partial charge >= 0.3 is 0 Å². The van der Waals surface area contributed by atoms with Gasteiger partial charge in [-0.15, -0.1) is 0 Å². The van der Waals surface area contributed by atoms with E-state index in [1.165, 1.54) is 0 Å². The van der Waals surface area contributed by atoms with Gasteiger partial charge < -0.3 is 14.4 Å². The highest BCUT2D eigenvalue weighted by atomic mass is 79.9. The number of benzene rings is 3. The van der Waals surface area contributed by atoms with E-state index in [2.05, 4.69) is 25.2 Å². The fourth-order valence-electron chi connectivity index (χ4n) is 4.44. The van der Waals surface area contributed by atoms with Crippen molar-refractivity contribution in [2.75, 3.05) is 19.1 Å². The van der Waals surface area contributed by atoms with Crippen molar-refractivity contribution >= 4 is 38.3 Å². The Morgan fingerprint density at radius 1 is 0.947 bits per heavy atom. The molecule has 8 heteroatoms. The van der Waals surface area contributed by atoms with Crippen LogP contribution < -0.4 is 14.4 Å². The zero-order valence-electron chi connectivity index (χ0n) is 22.5. The van der Waals surface area contributed by atoms with Crippen LogP contribution in [-0.2, 0) is 30.5 Å². The van der Waals surface area contributed by atoms with Crippen LogP contribution in [0.1, 0.15) is 55.9 Å². The number of ether oxygens (including phenoxy) is 2. The molecule has 0 bridgehead atoms. The van der Waals surface area contributed by atoms with Crippen molar-refractivity contribution in [2.24, 2.45) is 4.40 Å². The fraction of sp³-hybridized carbons (Fsp3) is 0.367. The van der Waals surface area contributed by atoms with Gasteiger partial charge in [-0.3, -0.25) is 0 Å². The second-order valence-electron chi connectivity index (χ2n) is 10.4. The van der Waals surface area contributed by atoms with Crippen molar-refractivity contribution in [3.63, 3.8) is 0 Å². The molecule has 1 aliphatic rings. The monoisotopic (exact) mass is 600 g/mol. The van der Waals surface area contributed by atoms with Crippen LogP contribution >= 0.6 is 15.9 Å². The molecule has 0 amide bonds. The quantitative estimate of drug-likeness (QED) is 0.270. The fourth-order valence-corrected chi connectivity index (χ4v) is 5.93. The van der Waals surface area contributed by atoms with Gasteiger partial charge in [-0.2, -0.15) is 4.40 Å². The van der Waals surface area contributed by atoms with Crippen LogP contribution in [0, 0.1) is 5.82 Å². The average Bonchev–Trinajstić information content (AvgIpc) is 2.90. The van der Waals surface area contributed by atoms with Gasteiger partial charge in [0.25, 0.3) is 0 Å². The van der Waals surface area contributed by atoms with Crippen molar-refractivity contribution in [3.8, 4) is 11.5 Å². The van der Waals surface area contributed by atoms with Crippen LogP contribution in [-0.4, -0.2) is 28.9 Å². The molecule has 0 fully saturated rings. The Balaban J connectivity index is 1.80. The van der Waals surface area contributed by atoms with E-state index in [0.717, 1.165) is 44.8 Å². The van der Waals surface area contributed by atoms with Crippen LogP contribution in [0.3, 0.4) is 0 Å². The molecule has 0 radical (unpaired) electrons. The Morgan fingerprint density at radius 2 is 1.47 bits per heavy atom. The normalized spacial score (nSPS) is 15.2. The van der Waals surface area contributed by atoms with Gasteiger partial charge in [0.15, 0.2) is 0 Å². The van der Waals surface area contributed by atoms with Crippen molar-refractivity contribution < 1.29 is 18.1 Å². The molecule has 1 atom stereocenters. The lowest BCUT2D eigenvalue weighted by Crippen LogP contribution is -2.26. The number of fused-ring (bicyclic) bond motifs is 1. The minimum atomic E-state index is -1.44. The van der Waals surface area contributed by atoms with Crippen molar-refractivity contribution in [2.45, 2.75) is 57.9 Å². The molecule has 202 valence electrons. The first kappa shape index (κ1) is 28.3. The lowest BCUT2D eigenvalue weighted by Gasteiger charge is -2.30. The third kappa shape index (κ3) is 6.46. The number of methoxy groups -OCH3 is 2. The highest BCUT2D eigenvalue weighted by Gasteiger charge is 2.28. The summed E-state index contributed by atoms with van der Waals surface area (Å²) >= 11 is 3.83. The summed E-state index contributed by atoms with van der Waals surface area (Å²) in [5, 5.41) is 0. The van der Waals surface area contributed by atoms with Crippen LogP contribution in [0.15, 0.2) is 63.5 Å². The Hall–Kier alpha value is -2.71. The molecule has 0 heterocycles. The van der Waals surface area contributed by atoms with Crippen molar-refractivity contribution in [3.05, 3.63) is 87.1 Å². The Morgan fingerprint density at radius 3 is 1.95 bits per heavy atom. The first-order chi connectivity index (χ1) is 18.1. The molecule has 0 aliphatic heterocycles. The third-order valence-electron chi connectivity index (χ3n) is 6.55. The predicted octanol–water partition coefficient (Wildman–Crippen LogP) is 7.40. The second kappa shape index (κ2) is 12.0. The molecule has 1 aliphatic carbocycles. The molecule has 0 spiro atoms. The molecule has 0 saturated carbocycles. The number of halogens is 2. The van der Waals surface area contributed by atoms with Crippen molar-refractivity contribution in [1.29, 1.82) is 0 Å². The summed E-state index contributed by atoms with van der Waals surface area (Å²) < 4.78 is 44.1. The van der Waals surface area contributed by atoms with Gasteiger partial charge in [-0.05, 0) is 103 Å². The molecule has 0 saturated heterocycles. The van der Waals surface area contributed by atoms with E-state index in [4.69, 9.17) is 9.47 Å². The third-order valence-corrected chi connectivity index (χ3v) is 8.79. The zero-order chi connectivity index (χ0) is 27.4. The molecule has 0 aromatic heterocycles. The number of anilines is 1. The summed E-state index contributed by atoms with van der Waals surface area (Å²) in [4.78, 5) is 2.14. The van der Waals surface area contributed by atoms with Gasteiger partial charge in [0, 0.05) is 18.7 Å². The lowest BCUT2D eigenvalue weighted by molar-refractivity contribution is 0.414. The number of rotatable bonds is 8. The van der Waals surface area contributed by atoms with E-state index < -0.39 is 15.7 Å². The number of nitrogens with zero attached hydrogens (tertiary/aromatic N) is 2. The molecule has 3 aromatic rings. The van der Waals surface area contributed by atoms with Crippen LogP contribution in [0.4, 0.5) is 10.1 Å². The summed E-state index contributed by atoms with van der Waals surface area (Å²) in [5.41, 5.74) is 4.91. The summed E-state index contributed by atoms with van der Waals surface area (Å²) in [6.45, 7) is 6.79. The molecule has 0 N–H and O–H groups in total. The van der Waals surface area contributed by atoms with E-state index in [9.17, 15) is 4.21 Å². The Labute approximate surface area is 235 Å². The highest BCUT2D eigenvalue weighted by molar-refractivity contribution is 9.10. The standard InChI is InChI=1S/C30H34BrFN2O3S/c1-30(2,3)38(35)33-26-8-6-7-24-25(32)17-27(29(31)28(24)26)34(18-20-9-13-22(36-4)14-10-20)19-21-11-15-23(37-5)16-12-21/h9-17H,6-8,18-19H2,1-5H3/b33-26+. The zero-order valence-corrected chi connectivity index (χ0v) is 24.9. The van der Waals surface area contributed by atoms with Crippen LogP contribution in [0.5, 0.6) is 11.5 Å². The predicted molar refractivity (Wildman–Crippen MR) is 157 cm³/mol. The summed E-state index contributed by atoms with van der Waals surface area (Å²) in [6, 6.07) is 17.4. The van der Waals surface area contributed by atoms with Gasteiger partial charge in [0.2, 0.25) is 0 Å². The Bertz CT molecular complexity index is 1290. The maximum atomic E-state index is 15.7. The minimum absolute atomic E-state index is 0.262. The van der Waals surface area contributed by atoms with Crippen molar-refractivity contribution in [1.82, 2.24) is 0 Å². The largest absolute Gasteiger partial charge is 0.497 e. The van der Waals surface area contributed by atoms with E-state index >= 15 is 4.39 Å². The molecule has 5 nitrogen and oxygen atoms in total. The first-order valence-corrected chi connectivity index (χ1v) is 14.5. The second-order valence-corrected chi connectivity index (χ2v) is 13.0. The average molecular weight is 602 g/mol. The first-order valence-electron chi connectivity index (χ1n) is 12.6. The maximum absolute atomic E-state index is 15.7. The SMILES string of the molecule is COc1ccc(CN(Cc2ccc(OC)cc2)c2cc(F)c3c(c2Br)/C(=N/S(=O)C(C)(C)C)CCC3)cc1. The van der Waals surface area contributed by atoms with Gasteiger partial charge in [0.1, 0.15) is 28.3 Å². The minimum Gasteiger partial charge on any atom is -0.497 e. The van der Waals surface area contributed by atoms with E-state index in [1.54, 1.807) is 20.3 Å². The molecule has 4 rings (SSSR count). The van der Waals surface area contributed by atoms with Gasteiger partial charge in [0.05, 0.1) is 34.8 Å². The van der Waals surface area contributed by atoms with Crippen LogP contribution in [0.2, 0.25) is 0 Å². The maximum Gasteiger partial charge on any atom is 0.145 e. The van der Waals surface area contributed by atoms with Crippen LogP contribution in [0.25, 0.3) is 0 Å². The number of hydrogen-bond donors (Lipinski definition) is 0. The van der Waals surface area contributed by atoms with E-state index in [0.29, 0.717) is 37.2 Å². The van der Waals surface area contributed by atoms with Gasteiger partial charge in [-0.25, -0.2) is 8.60 Å². The smallest absolute Gasteiger partial charge is 0.145 e. The number of hydrogen-bond acceptors (Lipinski definition) is 4. The molecular weight excluding hydrogens is 567 g/mol. The lowest BCUT2D eigenvalue weighted by atomic mass is 9.89. The van der Waals surface area contributed by atoms with E-state index in [1.807, 2.05) is 69.3 Å². The Kier molecular flexibility index (Phi) is 8.93. The molecule has 38 heavy (non-hydrogen) atoms. The molecular formula is C30H34BrFN2O3S. The highest BCUT2D eigenvalue weighted by Crippen LogP contribution is 2.39.